The maximum absolute atomic E-state index is 12.7. The van der Waals surface area contributed by atoms with E-state index in [0.717, 1.165) is 5.56 Å². The molecule has 98 valence electrons. The Labute approximate surface area is 113 Å². The molecule has 0 aromatic heterocycles. The van der Waals surface area contributed by atoms with Gasteiger partial charge in [-0.2, -0.15) is 0 Å². The van der Waals surface area contributed by atoms with E-state index in [0.29, 0.717) is 0 Å². The molecule has 0 radical (unpaired) electrons. The van der Waals surface area contributed by atoms with Crippen molar-refractivity contribution in [3.8, 4) is 0 Å². The highest BCUT2D eigenvalue weighted by atomic mass is 79.9. The zero-order valence-corrected chi connectivity index (χ0v) is 11.4. The van der Waals surface area contributed by atoms with Crippen LogP contribution in [0.15, 0.2) is 24.3 Å². The monoisotopic (exact) mass is 317 g/mol. The van der Waals surface area contributed by atoms with Crippen LogP contribution in [0.1, 0.15) is 5.56 Å². The lowest BCUT2D eigenvalue weighted by Crippen LogP contribution is -2.43. The number of halogens is 2. The van der Waals surface area contributed by atoms with E-state index in [1.54, 1.807) is 12.1 Å². The van der Waals surface area contributed by atoms with Gasteiger partial charge in [0, 0.05) is 6.42 Å². The van der Waals surface area contributed by atoms with Crippen LogP contribution in [0.25, 0.3) is 0 Å². The largest absolute Gasteiger partial charge is 0.467 e. The molecule has 1 rings (SSSR count). The summed E-state index contributed by atoms with van der Waals surface area (Å²) in [6.07, 6.45) is 0.256. The van der Waals surface area contributed by atoms with Crippen molar-refractivity contribution in [2.45, 2.75) is 12.5 Å². The van der Waals surface area contributed by atoms with Crippen LogP contribution in [0, 0.1) is 5.82 Å². The number of carbonyl (C=O) groups excluding carboxylic acids is 2. The van der Waals surface area contributed by atoms with Crippen molar-refractivity contribution >= 4 is 27.8 Å². The molecule has 0 unspecified atom stereocenters. The standard InChI is InChI=1S/C12H13BrFNO3/c1-18-12(17)10(15-11(16)7-13)6-8-2-4-9(14)5-3-8/h2-5,10H,6-7H2,1H3,(H,15,16)/t10-/m1/s1. The van der Waals surface area contributed by atoms with E-state index in [1.165, 1.54) is 19.2 Å². The van der Waals surface area contributed by atoms with Crippen molar-refractivity contribution in [1.82, 2.24) is 5.32 Å². The number of hydrogen-bond acceptors (Lipinski definition) is 3. The number of amides is 1. The Hall–Kier alpha value is -1.43. The number of hydrogen-bond donors (Lipinski definition) is 1. The predicted molar refractivity (Wildman–Crippen MR) is 67.8 cm³/mol. The number of ether oxygens (including phenoxy) is 1. The van der Waals surface area contributed by atoms with Gasteiger partial charge >= 0.3 is 5.97 Å². The SMILES string of the molecule is COC(=O)[C@@H](Cc1ccc(F)cc1)NC(=O)CBr. The molecule has 6 heteroatoms. The maximum atomic E-state index is 12.7. The lowest BCUT2D eigenvalue weighted by Gasteiger charge is -2.15. The smallest absolute Gasteiger partial charge is 0.328 e. The van der Waals surface area contributed by atoms with Gasteiger partial charge in [0.15, 0.2) is 0 Å². The summed E-state index contributed by atoms with van der Waals surface area (Å²) in [4.78, 5) is 22.8. The maximum Gasteiger partial charge on any atom is 0.328 e. The molecule has 0 spiro atoms. The molecule has 1 aromatic carbocycles. The Bertz CT molecular complexity index is 422. The summed E-state index contributed by atoms with van der Waals surface area (Å²) in [6.45, 7) is 0. The first-order valence-electron chi connectivity index (χ1n) is 5.24. The third-order valence-corrected chi connectivity index (χ3v) is 2.80. The molecule has 1 atom stereocenters. The van der Waals surface area contributed by atoms with E-state index in [1.807, 2.05) is 0 Å². The highest BCUT2D eigenvalue weighted by molar-refractivity contribution is 9.09. The average molecular weight is 318 g/mol. The number of carbonyl (C=O) groups is 2. The quantitative estimate of drug-likeness (QED) is 0.660. The molecule has 0 fully saturated rings. The second-order valence-electron chi connectivity index (χ2n) is 3.61. The van der Waals surface area contributed by atoms with Gasteiger partial charge in [0.1, 0.15) is 11.9 Å². The van der Waals surface area contributed by atoms with E-state index in [-0.39, 0.29) is 23.5 Å². The van der Waals surface area contributed by atoms with Gasteiger partial charge in [-0.3, -0.25) is 4.79 Å². The topological polar surface area (TPSA) is 55.4 Å². The van der Waals surface area contributed by atoms with Crippen LogP contribution in [0.3, 0.4) is 0 Å². The fourth-order valence-electron chi connectivity index (χ4n) is 1.42. The third-order valence-electron chi connectivity index (χ3n) is 2.30. The highest BCUT2D eigenvalue weighted by Crippen LogP contribution is 2.07. The molecule has 4 nitrogen and oxygen atoms in total. The minimum absolute atomic E-state index is 0.101. The Morgan fingerprint density at radius 3 is 2.50 bits per heavy atom. The molecule has 1 N–H and O–H groups in total. The van der Waals surface area contributed by atoms with Crippen molar-refractivity contribution in [3.63, 3.8) is 0 Å². The summed E-state index contributed by atoms with van der Waals surface area (Å²) in [6, 6.07) is 4.95. The molecule has 0 saturated heterocycles. The first-order chi connectivity index (χ1) is 8.56. The van der Waals surface area contributed by atoms with Crippen LogP contribution in [0.2, 0.25) is 0 Å². The molecule has 0 heterocycles. The fourth-order valence-corrected chi connectivity index (χ4v) is 1.59. The molecule has 0 bridgehead atoms. The van der Waals surface area contributed by atoms with Crippen LogP contribution in [-0.2, 0) is 20.7 Å². The van der Waals surface area contributed by atoms with Gasteiger partial charge in [0.05, 0.1) is 12.4 Å². The molecular formula is C12H13BrFNO3. The van der Waals surface area contributed by atoms with E-state index in [9.17, 15) is 14.0 Å². The zero-order valence-electron chi connectivity index (χ0n) is 9.78. The number of esters is 1. The first kappa shape index (κ1) is 14.6. The minimum Gasteiger partial charge on any atom is -0.467 e. The van der Waals surface area contributed by atoms with Crippen LogP contribution < -0.4 is 5.32 Å². The Morgan fingerprint density at radius 1 is 1.39 bits per heavy atom. The van der Waals surface area contributed by atoms with Gasteiger partial charge in [-0.05, 0) is 17.7 Å². The lowest BCUT2D eigenvalue weighted by atomic mass is 10.1. The summed E-state index contributed by atoms with van der Waals surface area (Å²) in [7, 11) is 1.25. The minimum atomic E-state index is -0.773. The summed E-state index contributed by atoms with van der Waals surface area (Å²) < 4.78 is 17.4. The molecule has 0 saturated carbocycles. The van der Waals surface area contributed by atoms with Gasteiger partial charge in [-0.1, -0.05) is 28.1 Å². The van der Waals surface area contributed by atoms with Crippen LogP contribution >= 0.6 is 15.9 Å². The number of rotatable bonds is 5. The lowest BCUT2D eigenvalue weighted by molar-refractivity contribution is -0.144. The Kier molecular flexibility index (Phi) is 5.77. The van der Waals surface area contributed by atoms with E-state index < -0.39 is 12.0 Å². The van der Waals surface area contributed by atoms with E-state index in [4.69, 9.17) is 0 Å². The third kappa shape index (κ3) is 4.44. The summed E-state index contributed by atoms with van der Waals surface area (Å²) in [5, 5.41) is 2.63. The highest BCUT2D eigenvalue weighted by Gasteiger charge is 2.21. The van der Waals surface area contributed by atoms with Gasteiger partial charge < -0.3 is 10.1 Å². The number of alkyl halides is 1. The molecular weight excluding hydrogens is 305 g/mol. The van der Waals surface area contributed by atoms with Gasteiger partial charge in [0.25, 0.3) is 0 Å². The van der Waals surface area contributed by atoms with Crippen molar-refractivity contribution in [3.05, 3.63) is 35.6 Å². The van der Waals surface area contributed by atoms with Gasteiger partial charge in [-0.15, -0.1) is 0 Å². The molecule has 1 aromatic rings. The summed E-state index contributed by atoms with van der Waals surface area (Å²) in [5.41, 5.74) is 0.738. The molecule has 0 aliphatic heterocycles. The van der Waals surface area contributed by atoms with Gasteiger partial charge in [-0.25, -0.2) is 9.18 Å². The molecule has 1 amide bonds. The number of methoxy groups -OCH3 is 1. The number of benzene rings is 1. The first-order valence-corrected chi connectivity index (χ1v) is 6.36. The fraction of sp³-hybridized carbons (Fsp3) is 0.333. The van der Waals surface area contributed by atoms with Crippen LogP contribution in [0.4, 0.5) is 4.39 Å². The van der Waals surface area contributed by atoms with Crippen LogP contribution in [-0.4, -0.2) is 30.4 Å². The Morgan fingerprint density at radius 2 is 2.00 bits per heavy atom. The zero-order chi connectivity index (χ0) is 13.5. The van der Waals surface area contributed by atoms with E-state index >= 15 is 0 Å². The molecule has 18 heavy (non-hydrogen) atoms. The van der Waals surface area contributed by atoms with Crippen molar-refractivity contribution in [1.29, 1.82) is 0 Å². The van der Waals surface area contributed by atoms with Crippen molar-refractivity contribution < 1.29 is 18.7 Å². The van der Waals surface area contributed by atoms with Gasteiger partial charge in [0.2, 0.25) is 5.91 Å². The molecule has 0 aliphatic rings. The normalized spacial score (nSPS) is 11.7. The van der Waals surface area contributed by atoms with Crippen molar-refractivity contribution in [2.75, 3.05) is 12.4 Å². The van der Waals surface area contributed by atoms with E-state index in [2.05, 4.69) is 26.0 Å². The number of nitrogens with one attached hydrogen (secondary N) is 1. The second kappa shape index (κ2) is 7.10. The average Bonchev–Trinajstić information content (AvgIpc) is 2.39. The summed E-state index contributed by atoms with van der Waals surface area (Å²) in [5.74, 6) is -1.20. The summed E-state index contributed by atoms with van der Waals surface area (Å²) >= 11 is 3.00. The second-order valence-corrected chi connectivity index (χ2v) is 4.17. The predicted octanol–water partition coefficient (Wildman–Crippen LogP) is 1.42. The Balaban J connectivity index is 2.74. The van der Waals surface area contributed by atoms with Crippen LogP contribution in [0.5, 0.6) is 0 Å². The van der Waals surface area contributed by atoms with Crippen molar-refractivity contribution in [2.24, 2.45) is 0 Å². The molecule has 0 aliphatic carbocycles.